The maximum absolute atomic E-state index is 11.0. The Hall–Kier alpha value is -1.06. The van der Waals surface area contributed by atoms with Crippen molar-refractivity contribution in [2.75, 3.05) is 0 Å². The fourth-order valence-corrected chi connectivity index (χ4v) is 3.66. The van der Waals surface area contributed by atoms with Crippen molar-refractivity contribution >= 4 is 11.9 Å². The number of unbranched alkanes of at least 4 members (excludes halogenated alkanes) is 17. The lowest BCUT2D eigenvalue weighted by Gasteiger charge is -2.11. The number of carboxylic acid groups (broad SMARTS) is 1. The second-order valence-corrected chi connectivity index (χ2v) is 8.24. The van der Waals surface area contributed by atoms with Gasteiger partial charge in [0.05, 0.1) is 0 Å². The van der Waals surface area contributed by atoms with Crippen LogP contribution in [-0.2, 0) is 14.3 Å². The van der Waals surface area contributed by atoms with E-state index in [4.69, 9.17) is 9.84 Å². The molecular weight excluding hydrogens is 352 g/mol. The van der Waals surface area contributed by atoms with Gasteiger partial charge in [0.2, 0.25) is 0 Å². The molecule has 1 atom stereocenters. The second kappa shape index (κ2) is 20.7. The quantitative estimate of drug-likeness (QED) is 0.161. The molecule has 0 aliphatic rings. The third-order valence-corrected chi connectivity index (χ3v) is 5.40. The average molecular weight is 399 g/mol. The van der Waals surface area contributed by atoms with E-state index in [2.05, 4.69) is 6.92 Å². The molecule has 0 saturated carbocycles. The van der Waals surface area contributed by atoms with E-state index in [1.54, 1.807) is 0 Å². The van der Waals surface area contributed by atoms with Crippen molar-refractivity contribution < 1.29 is 19.4 Å². The maximum atomic E-state index is 11.0. The van der Waals surface area contributed by atoms with Crippen LogP contribution in [0.2, 0.25) is 0 Å². The van der Waals surface area contributed by atoms with Gasteiger partial charge in [0.1, 0.15) is 0 Å². The van der Waals surface area contributed by atoms with E-state index in [9.17, 15) is 9.59 Å². The van der Waals surface area contributed by atoms with Gasteiger partial charge in [-0.3, -0.25) is 4.79 Å². The zero-order valence-corrected chi connectivity index (χ0v) is 18.7. The van der Waals surface area contributed by atoms with Gasteiger partial charge in [-0.25, -0.2) is 4.79 Å². The number of ether oxygens (including phenoxy) is 1. The first-order valence-corrected chi connectivity index (χ1v) is 12.0. The molecule has 0 aromatic rings. The topological polar surface area (TPSA) is 63.6 Å². The fourth-order valence-electron chi connectivity index (χ4n) is 3.66. The van der Waals surface area contributed by atoms with Crippen LogP contribution in [0.1, 0.15) is 136 Å². The summed E-state index contributed by atoms with van der Waals surface area (Å²) in [6, 6.07) is 0. The Kier molecular flexibility index (Phi) is 19.9. The zero-order chi connectivity index (χ0) is 20.9. The Morgan fingerprint density at radius 2 is 0.964 bits per heavy atom. The number of carbonyl (C=O) groups is 2. The summed E-state index contributed by atoms with van der Waals surface area (Å²) in [5.41, 5.74) is 0. The molecular formula is C24H46O4. The van der Waals surface area contributed by atoms with Gasteiger partial charge >= 0.3 is 11.9 Å². The first-order chi connectivity index (χ1) is 13.6. The number of hydrogen-bond donors (Lipinski definition) is 1. The molecule has 0 bridgehead atoms. The van der Waals surface area contributed by atoms with Crippen LogP contribution in [0.15, 0.2) is 0 Å². The van der Waals surface area contributed by atoms with E-state index in [0.717, 1.165) is 19.3 Å². The summed E-state index contributed by atoms with van der Waals surface area (Å²) in [5, 5.41) is 8.99. The Labute approximate surface area is 173 Å². The maximum Gasteiger partial charge on any atom is 0.345 e. The first-order valence-electron chi connectivity index (χ1n) is 12.0. The van der Waals surface area contributed by atoms with Gasteiger partial charge in [-0.1, -0.05) is 116 Å². The van der Waals surface area contributed by atoms with Crippen LogP contribution in [0.25, 0.3) is 0 Å². The van der Waals surface area contributed by atoms with E-state index in [-0.39, 0.29) is 0 Å². The summed E-state index contributed by atoms with van der Waals surface area (Å²) >= 11 is 0. The van der Waals surface area contributed by atoms with Crippen molar-refractivity contribution in [2.45, 2.75) is 142 Å². The lowest BCUT2D eigenvalue weighted by molar-refractivity contribution is -0.163. The van der Waals surface area contributed by atoms with Crippen molar-refractivity contribution in [3.8, 4) is 0 Å². The number of esters is 1. The third-order valence-electron chi connectivity index (χ3n) is 5.40. The number of hydrogen-bond acceptors (Lipinski definition) is 3. The summed E-state index contributed by atoms with van der Waals surface area (Å²) in [7, 11) is 0. The molecule has 28 heavy (non-hydrogen) atoms. The molecule has 0 fully saturated rings. The Balaban J connectivity index is 3.23. The smallest absolute Gasteiger partial charge is 0.345 e. The Morgan fingerprint density at radius 1 is 0.643 bits per heavy atom. The SMILES string of the molecule is CCCCCCCCCCCCCCCCCCCC[C@@H](OC(C)=O)C(=O)O. The van der Waals surface area contributed by atoms with E-state index in [0.29, 0.717) is 6.42 Å². The average Bonchev–Trinajstić information content (AvgIpc) is 2.65. The summed E-state index contributed by atoms with van der Waals surface area (Å²) in [5.74, 6) is -1.56. The molecule has 0 radical (unpaired) electrons. The molecule has 0 rings (SSSR count). The van der Waals surface area contributed by atoms with Gasteiger partial charge in [-0.05, 0) is 12.8 Å². The molecule has 0 saturated heterocycles. The van der Waals surface area contributed by atoms with Crippen molar-refractivity contribution in [3.05, 3.63) is 0 Å². The molecule has 4 nitrogen and oxygen atoms in total. The summed E-state index contributed by atoms with van der Waals surface area (Å²) in [6.07, 6.45) is 23.1. The number of carboxylic acids is 1. The summed E-state index contributed by atoms with van der Waals surface area (Å²) in [6.45, 7) is 3.53. The Morgan fingerprint density at radius 3 is 1.25 bits per heavy atom. The van der Waals surface area contributed by atoms with Crippen molar-refractivity contribution in [3.63, 3.8) is 0 Å². The predicted molar refractivity (Wildman–Crippen MR) is 117 cm³/mol. The van der Waals surface area contributed by atoms with Crippen molar-refractivity contribution in [1.82, 2.24) is 0 Å². The molecule has 0 aromatic heterocycles. The predicted octanol–water partition coefficient (Wildman–Crippen LogP) is 7.43. The Bertz CT molecular complexity index is 368. The highest BCUT2D eigenvalue weighted by Crippen LogP contribution is 2.15. The number of rotatable bonds is 21. The minimum absolute atomic E-state index is 0.424. The van der Waals surface area contributed by atoms with Crippen LogP contribution in [0.4, 0.5) is 0 Å². The van der Waals surface area contributed by atoms with Gasteiger partial charge in [0, 0.05) is 6.92 Å². The van der Waals surface area contributed by atoms with Crippen LogP contribution in [-0.4, -0.2) is 23.1 Å². The molecule has 166 valence electrons. The first kappa shape index (κ1) is 26.9. The van der Waals surface area contributed by atoms with Gasteiger partial charge < -0.3 is 9.84 Å². The van der Waals surface area contributed by atoms with Gasteiger partial charge in [-0.2, -0.15) is 0 Å². The molecule has 0 heterocycles. The molecule has 0 spiro atoms. The number of carbonyl (C=O) groups excluding carboxylic acids is 1. The van der Waals surface area contributed by atoms with Crippen LogP contribution in [0.5, 0.6) is 0 Å². The van der Waals surface area contributed by atoms with Crippen molar-refractivity contribution in [2.24, 2.45) is 0 Å². The lowest BCUT2D eigenvalue weighted by atomic mass is 10.0. The zero-order valence-electron chi connectivity index (χ0n) is 18.7. The molecule has 0 aromatic carbocycles. The summed E-state index contributed by atoms with van der Waals surface area (Å²) < 4.78 is 4.81. The molecule has 0 unspecified atom stereocenters. The highest BCUT2D eigenvalue weighted by molar-refractivity contribution is 5.76. The molecule has 1 N–H and O–H groups in total. The lowest BCUT2D eigenvalue weighted by Crippen LogP contribution is -2.25. The highest BCUT2D eigenvalue weighted by Gasteiger charge is 2.19. The van der Waals surface area contributed by atoms with Crippen LogP contribution in [0.3, 0.4) is 0 Å². The van der Waals surface area contributed by atoms with Crippen LogP contribution < -0.4 is 0 Å². The van der Waals surface area contributed by atoms with E-state index in [1.165, 1.54) is 103 Å². The van der Waals surface area contributed by atoms with Gasteiger partial charge in [-0.15, -0.1) is 0 Å². The minimum Gasteiger partial charge on any atom is -0.479 e. The van der Waals surface area contributed by atoms with E-state index in [1.807, 2.05) is 0 Å². The van der Waals surface area contributed by atoms with E-state index < -0.39 is 18.0 Å². The second-order valence-electron chi connectivity index (χ2n) is 8.24. The molecule has 0 aliphatic carbocycles. The number of aliphatic carboxylic acids is 1. The summed E-state index contributed by atoms with van der Waals surface area (Å²) in [4.78, 5) is 21.8. The monoisotopic (exact) mass is 398 g/mol. The fraction of sp³-hybridized carbons (Fsp3) is 0.917. The standard InChI is InChI=1S/C24H46O4/c1-3-4-5-6-7-8-9-10-11-12-13-14-15-16-17-18-19-20-21-23(24(26)27)28-22(2)25/h23H,3-21H2,1-2H3,(H,26,27)/t23-/m1/s1. The highest BCUT2D eigenvalue weighted by atomic mass is 16.6. The molecule has 4 heteroatoms. The largest absolute Gasteiger partial charge is 0.479 e. The minimum atomic E-state index is -1.04. The van der Waals surface area contributed by atoms with Crippen molar-refractivity contribution in [1.29, 1.82) is 0 Å². The van der Waals surface area contributed by atoms with Crippen LogP contribution in [0, 0.1) is 0 Å². The van der Waals surface area contributed by atoms with Crippen LogP contribution >= 0.6 is 0 Å². The molecule has 0 aliphatic heterocycles. The third kappa shape index (κ3) is 19.7. The van der Waals surface area contributed by atoms with Gasteiger partial charge in [0.25, 0.3) is 0 Å². The normalized spacial score (nSPS) is 12.1. The van der Waals surface area contributed by atoms with E-state index >= 15 is 0 Å². The van der Waals surface area contributed by atoms with Gasteiger partial charge in [0.15, 0.2) is 6.10 Å². The molecule has 0 amide bonds.